The highest BCUT2D eigenvalue weighted by atomic mass is 35.5. The molecule has 4 nitrogen and oxygen atoms in total. The van der Waals surface area contributed by atoms with E-state index in [1.54, 1.807) is 19.1 Å². The number of H-pyrrole nitrogens is 1. The quantitative estimate of drug-likeness (QED) is 0.701. The first-order valence-corrected chi connectivity index (χ1v) is 8.93. The predicted octanol–water partition coefficient (Wildman–Crippen LogP) is 4.42. The van der Waals surface area contributed by atoms with E-state index in [9.17, 15) is 4.79 Å². The van der Waals surface area contributed by atoms with Gasteiger partial charge in [-0.1, -0.05) is 18.5 Å². The van der Waals surface area contributed by atoms with Gasteiger partial charge in [0.15, 0.2) is 6.29 Å². The van der Waals surface area contributed by atoms with Crippen molar-refractivity contribution in [2.45, 2.75) is 45.6 Å². The molecule has 134 valence electrons. The molecule has 3 rings (SSSR count). The molecule has 0 radical (unpaired) electrons. The van der Waals surface area contributed by atoms with Crippen LogP contribution in [0.4, 0.5) is 0 Å². The Kier molecular flexibility index (Phi) is 9.69. The highest BCUT2D eigenvalue weighted by Crippen LogP contribution is 2.22. The number of aromatic nitrogens is 1. The van der Waals surface area contributed by atoms with E-state index in [-0.39, 0.29) is 6.61 Å². The minimum absolute atomic E-state index is 0.250. The van der Waals surface area contributed by atoms with E-state index < -0.39 is 0 Å². The second-order valence-electron chi connectivity index (χ2n) is 6.14. The Morgan fingerprint density at radius 2 is 1.92 bits per heavy atom. The van der Waals surface area contributed by atoms with Crippen LogP contribution in [-0.4, -0.2) is 36.1 Å². The number of carbonyl (C=O) groups excluding carboxylic acids is 1. The number of fused-ring (bicyclic) bond motifs is 1. The summed E-state index contributed by atoms with van der Waals surface area (Å²) >= 11 is 5.77. The SMILES string of the molecule is CCO.CNC1CCC(C)CC1.O=Cc1cc2cc(Cl)ccc2[nH]1. The number of nitrogens with one attached hydrogen (secondary N) is 2. The molecule has 1 saturated carbocycles. The number of aliphatic hydroxyl groups excluding tert-OH is 1. The summed E-state index contributed by atoms with van der Waals surface area (Å²) in [6.07, 6.45) is 6.40. The molecule has 1 aliphatic rings. The molecule has 0 unspecified atom stereocenters. The fraction of sp³-hybridized carbons (Fsp3) is 0.526. The lowest BCUT2D eigenvalue weighted by atomic mass is 9.87. The molecule has 24 heavy (non-hydrogen) atoms. The van der Waals surface area contributed by atoms with Gasteiger partial charge in [0, 0.05) is 28.6 Å². The zero-order chi connectivity index (χ0) is 17.9. The van der Waals surface area contributed by atoms with Gasteiger partial charge in [-0.3, -0.25) is 4.79 Å². The molecule has 1 heterocycles. The van der Waals surface area contributed by atoms with Crippen molar-refractivity contribution in [1.29, 1.82) is 0 Å². The van der Waals surface area contributed by atoms with E-state index in [2.05, 4.69) is 24.3 Å². The lowest BCUT2D eigenvalue weighted by molar-refractivity contribution is 0.112. The maximum Gasteiger partial charge on any atom is 0.166 e. The van der Waals surface area contributed by atoms with Gasteiger partial charge in [0.05, 0.1) is 5.69 Å². The lowest BCUT2D eigenvalue weighted by Crippen LogP contribution is -2.29. The van der Waals surface area contributed by atoms with Gasteiger partial charge in [0.2, 0.25) is 0 Å². The Morgan fingerprint density at radius 3 is 2.46 bits per heavy atom. The molecule has 1 aromatic carbocycles. The normalized spacial score (nSPS) is 19.7. The molecule has 0 spiro atoms. The molecule has 0 saturated heterocycles. The number of hydrogen-bond acceptors (Lipinski definition) is 3. The average molecular weight is 353 g/mol. The van der Waals surface area contributed by atoms with Gasteiger partial charge < -0.3 is 15.4 Å². The van der Waals surface area contributed by atoms with E-state index >= 15 is 0 Å². The van der Waals surface area contributed by atoms with Crippen LogP contribution in [0.3, 0.4) is 0 Å². The zero-order valence-electron chi connectivity index (χ0n) is 14.8. The minimum Gasteiger partial charge on any atom is -0.397 e. The van der Waals surface area contributed by atoms with Crippen LogP contribution in [0.25, 0.3) is 10.9 Å². The Bertz CT molecular complexity index is 604. The number of halogens is 1. The van der Waals surface area contributed by atoms with Gasteiger partial charge in [0.25, 0.3) is 0 Å². The Balaban J connectivity index is 0.000000213. The van der Waals surface area contributed by atoms with Gasteiger partial charge in [-0.25, -0.2) is 0 Å². The maximum absolute atomic E-state index is 10.4. The molecule has 0 amide bonds. The summed E-state index contributed by atoms with van der Waals surface area (Å²) in [5.41, 5.74) is 1.51. The van der Waals surface area contributed by atoms with Crippen molar-refractivity contribution >= 4 is 28.8 Å². The van der Waals surface area contributed by atoms with E-state index in [1.165, 1.54) is 25.7 Å². The van der Waals surface area contributed by atoms with Crippen LogP contribution in [0.15, 0.2) is 24.3 Å². The Labute approximate surface area is 149 Å². The zero-order valence-corrected chi connectivity index (χ0v) is 15.6. The van der Waals surface area contributed by atoms with Gasteiger partial charge in [0.1, 0.15) is 0 Å². The summed E-state index contributed by atoms with van der Waals surface area (Å²) in [5, 5.41) is 12.5. The molecule has 2 aromatic rings. The second-order valence-corrected chi connectivity index (χ2v) is 6.57. The van der Waals surface area contributed by atoms with Crippen LogP contribution in [0.2, 0.25) is 5.02 Å². The second kappa shape index (κ2) is 11.2. The van der Waals surface area contributed by atoms with Gasteiger partial charge in [-0.15, -0.1) is 0 Å². The van der Waals surface area contributed by atoms with E-state index in [4.69, 9.17) is 16.7 Å². The fourth-order valence-corrected chi connectivity index (χ4v) is 2.92. The fourth-order valence-electron chi connectivity index (χ4n) is 2.74. The van der Waals surface area contributed by atoms with E-state index in [0.717, 1.165) is 29.1 Å². The van der Waals surface area contributed by atoms with Crippen molar-refractivity contribution in [1.82, 2.24) is 10.3 Å². The van der Waals surface area contributed by atoms with Crippen LogP contribution < -0.4 is 5.32 Å². The number of aliphatic hydroxyl groups is 1. The number of rotatable bonds is 2. The summed E-state index contributed by atoms with van der Waals surface area (Å²) < 4.78 is 0. The molecule has 1 fully saturated rings. The maximum atomic E-state index is 10.4. The standard InChI is InChI=1S/C9H6ClNO.C8H17N.C2H6O/c10-7-1-2-9-6(3-7)4-8(5-12)11-9;1-7-3-5-8(9-2)6-4-7;1-2-3/h1-5,11H;7-9H,3-6H2,1-2H3;3H,2H2,1H3. The molecule has 1 aliphatic carbocycles. The van der Waals surface area contributed by atoms with Crippen molar-refractivity contribution in [2.75, 3.05) is 13.7 Å². The van der Waals surface area contributed by atoms with Crippen molar-refractivity contribution in [3.8, 4) is 0 Å². The van der Waals surface area contributed by atoms with Crippen LogP contribution in [0.1, 0.15) is 50.0 Å². The van der Waals surface area contributed by atoms with E-state index in [1.807, 2.05) is 12.1 Å². The highest BCUT2D eigenvalue weighted by Gasteiger charge is 2.15. The number of aldehydes is 1. The topological polar surface area (TPSA) is 65.1 Å². The number of carbonyl (C=O) groups is 1. The molecule has 0 bridgehead atoms. The molecular formula is C19H29ClN2O2. The summed E-state index contributed by atoms with van der Waals surface area (Å²) in [7, 11) is 2.07. The largest absolute Gasteiger partial charge is 0.397 e. The third kappa shape index (κ3) is 7.04. The van der Waals surface area contributed by atoms with Gasteiger partial charge >= 0.3 is 0 Å². The summed E-state index contributed by atoms with van der Waals surface area (Å²) in [4.78, 5) is 13.3. The monoisotopic (exact) mass is 352 g/mol. The highest BCUT2D eigenvalue weighted by molar-refractivity contribution is 6.31. The first-order valence-electron chi connectivity index (χ1n) is 8.55. The predicted molar refractivity (Wildman–Crippen MR) is 102 cm³/mol. The first-order chi connectivity index (χ1) is 11.5. The number of hydrogen-bond donors (Lipinski definition) is 3. The average Bonchev–Trinajstić information content (AvgIpc) is 2.99. The molecule has 3 N–H and O–H groups in total. The van der Waals surface area contributed by atoms with Crippen LogP contribution in [-0.2, 0) is 0 Å². The summed E-state index contributed by atoms with van der Waals surface area (Å²) in [6, 6.07) is 8.05. The third-order valence-corrected chi connectivity index (χ3v) is 4.39. The summed E-state index contributed by atoms with van der Waals surface area (Å²) in [6.45, 7) is 4.28. The van der Waals surface area contributed by atoms with Crippen molar-refractivity contribution in [2.24, 2.45) is 5.92 Å². The number of benzene rings is 1. The van der Waals surface area contributed by atoms with Crippen molar-refractivity contribution in [3.63, 3.8) is 0 Å². The first kappa shape index (κ1) is 20.7. The van der Waals surface area contributed by atoms with Crippen LogP contribution >= 0.6 is 11.6 Å². The van der Waals surface area contributed by atoms with Crippen LogP contribution in [0.5, 0.6) is 0 Å². The Hall–Kier alpha value is -1.36. The van der Waals surface area contributed by atoms with Gasteiger partial charge in [-0.05, 0) is 69.8 Å². The third-order valence-electron chi connectivity index (χ3n) is 4.15. The van der Waals surface area contributed by atoms with Crippen LogP contribution in [0, 0.1) is 5.92 Å². The molecule has 1 aromatic heterocycles. The van der Waals surface area contributed by atoms with Gasteiger partial charge in [-0.2, -0.15) is 0 Å². The molecule has 0 atom stereocenters. The molecule has 5 heteroatoms. The smallest absolute Gasteiger partial charge is 0.166 e. The number of aromatic amines is 1. The Morgan fingerprint density at radius 1 is 1.29 bits per heavy atom. The lowest BCUT2D eigenvalue weighted by Gasteiger charge is -2.25. The summed E-state index contributed by atoms with van der Waals surface area (Å²) in [5.74, 6) is 0.981. The van der Waals surface area contributed by atoms with Crippen molar-refractivity contribution in [3.05, 3.63) is 35.0 Å². The molecular weight excluding hydrogens is 324 g/mol. The minimum atomic E-state index is 0.250. The van der Waals surface area contributed by atoms with Crippen molar-refractivity contribution < 1.29 is 9.90 Å². The molecule has 0 aliphatic heterocycles. The van der Waals surface area contributed by atoms with E-state index in [0.29, 0.717) is 10.7 Å².